The maximum Gasteiger partial charge on any atom is 0.0197 e. The van der Waals surface area contributed by atoms with Crippen molar-refractivity contribution in [1.82, 2.24) is 10.2 Å². The molecule has 1 aliphatic rings. The van der Waals surface area contributed by atoms with Crippen LogP contribution in [0.5, 0.6) is 0 Å². The molecule has 0 radical (unpaired) electrons. The van der Waals surface area contributed by atoms with Crippen LogP contribution in [0.3, 0.4) is 0 Å². The van der Waals surface area contributed by atoms with E-state index in [2.05, 4.69) is 31.0 Å². The van der Waals surface area contributed by atoms with Crippen LogP contribution >= 0.6 is 0 Å². The highest BCUT2D eigenvalue weighted by molar-refractivity contribution is 4.91. The Balaban J connectivity index is 2.50. The van der Waals surface area contributed by atoms with Crippen LogP contribution in [0.25, 0.3) is 0 Å². The molecule has 12 heavy (non-hydrogen) atoms. The fourth-order valence-corrected chi connectivity index (χ4v) is 2.35. The molecule has 1 heterocycles. The summed E-state index contributed by atoms with van der Waals surface area (Å²) in [6.45, 7) is 9.39. The van der Waals surface area contributed by atoms with Gasteiger partial charge >= 0.3 is 0 Å². The van der Waals surface area contributed by atoms with E-state index in [-0.39, 0.29) is 0 Å². The van der Waals surface area contributed by atoms with Crippen LogP contribution in [0.2, 0.25) is 0 Å². The van der Waals surface area contributed by atoms with Crippen LogP contribution in [0.15, 0.2) is 0 Å². The van der Waals surface area contributed by atoms with E-state index in [9.17, 15) is 0 Å². The van der Waals surface area contributed by atoms with E-state index < -0.39 is 0 Å². The average Bonchev–Trinajstić information content (AvgIpc) is 2.30. The third-order valence-corrected chi connectivity index (χ3v) is 3.00. The Kier molecular flexibility index (Phi) is 3.13. The smallest absolute Gasteiger partial charge is 0.0197 e. The van der Waals surface area contributed by atoms with Crippen LogP contribution < -0.4 is 5.32 Å². The van der Waals surface area contributed by atoms with Crippen molar-refractivity contribution in [1.29, 1.82) is 0 Å². The number of hydrogen-bond acceptors (Lipinski definition) is 2. The number of likely N-dealkylation sites (N-methyl/N-ethyl adjacent to an activating group) is 1. The van der Waals surface area contributed by atoms with Gasteiger partial charge in [-0.3, -0.25) is 4.90 Å². The molecule has 1 aliphatic heterocycles. The van der Waals surface area contributed by atoms with Crippen molar-refractivity contribution in [2.24, 2.45) is 0 Å². The normalized spacial score (nSPS) is 26.0. The quantitative estimate of drug-likeness (QED) is 0.690. The minimum atomic E-state index is 0.427. The molecular formula is C10H22N2. The van der Waals surface area contributed by atoms with E-state index in [4.69, 9.17) is 0 Å². The first kappa shape index (κ1) is 10.0. The highest BCUT2D eigenvalue weighted by atomic mass is 15.2. The predicted octanol–water partition coefficient (Wildman–Crippen LogP) is 1.47. The van der Waals surface area contributed by atoms with Gasteiger partial charge in [0.2, 0.25) is 0 Å². The lowest BCUT2D eigenvalue weighted by molar-refractivity contribution is 0.125. The van der Waals surface area contributed by atoms with E-state index in [1.807, 2.05) is 7.05 Å². The summed E-state index contributed by atoms with van der Waals surface area (Å²) in [5.74, 6) is 0. The fraction of sp³-hybridized carbons (Fsp3) is 1.00. The molecular weight excluding hydrogens is 148 g/mol. The zero-order valence-corrected chi connectivity index (χ0v) is 8.85. The third-order valence-electron chi connectivity index (χ3n) is 3.00. The maximum absolute atomic E-state index is 3.24. The SMILES string of the molecule is CNCC(C)N1CCCC1(C)C. The molecule has 2 nitrogen and oxygen atoms in total. The minimum absolute atomic E-state index is 0.427. The van der Waals surface area contributed by atoms with Gasteiger partial charge in [-0.1, -0.05) is 0 Å². The van der Waals surface area contributed by atoms with Crippen molar-refractivity contribution < 1.29 is 0 Å². The van der Waals surface area contributed by atoms with Gasteiger partial charge in [-0.2, -0.15) is 0 Å². The molecule has 2 heteroatoms. The molecule has 1 saturated heterocycles. The standard InChI is InChI=1S/C10H22N2/c1-9(8-11-4)12-7-5-6-10(12,2)3/h9,11H,5-8H2,1-4H3. The van der Waals surface area contributed by atoms with E-state index in [0.29, 0.717) is 11.6 Å². The van der Waals surface area contributed by atoms with Gasteiger partial charge in [0.05, 0.1) is 0 Å². The van der Waals surface area contributed by atoms with Crippen molar-refractivity contribution in [3.05, 3.63) is 0 Å². The van der Waals surface area contributed by atoms with Crippen LogP contribution in [0, 0.1) is 0 Å². The van der Waals surface area contributed by atoms with Gasteiger partial charge in [-0.25, -0.2) is 0 Å². The summed E-state index contributed by atoms with van der Waals surface area (Å²) < 4.78 is 0. The maximum atomic E-state index is 3.24. The molecule has 0 aliphatic carbocycles. The Morgan fingerprint density at radius 1 is 1.50 bits per heavy atom. The molecule has 0 spiro atoms. The Bertz CT molecular complexity index is 143. The molecule has 0 bridgehead atoms. The topological polar surface area (TPSA) is 15.3 Å². The molecule has 0 aromatic rings. The zero-order valence-electron chi connectivity index (χ0n) is 8.85. The van der Waals surface area contributed by atoms with Crippen molar-refractivity contribution in [3.63, 3.8) is 0 Å². The first-order valence-electron chi connectivity index (χ1n) is 4.99. The molecule has 1 N–H and O–H groups in total. The Morgan fingerprint density at radius 2 is 2.17 bits per heavy atom. The van der Waals surface area contributed by atoms with Crippen molar-refractivity contribution in [3.8, 4) is 0 Å². The monoisotopic (exact) mass is 170 g/mol. The highest BCUT2D eigenvalue weighted by Gasteiger charge is 2.34. The van der Waals surface area contributed by atoms with Gasteiger partial charge in [0.25, 0.3) is 0 Å². The summed E-state index contributed by atoms with van der Waals surface area (Å²) in [5.41, 5.74) is 0.427. The molecule has 1 atom stereocenters. The zero-order chi connectivity index (χ0) is 9.19. The van der Waals surface area contributed by atoms with E-state index in [0.717, 1.165) is 6.54 Å². The second kappa shape index (κ2) is 3.75. The Hall–Kier alpha value is -0.0800. The van der Waals surface area contributed by atoms with Crippen LogP contribution in [0.4, 0.5) is 0 Å². The summed E-state index contributed by atoms with van der Waals surface area (Å²) >= 11 is 0. The molecule has 0 saturated carbocycles. The van der Waals surface area contributed by atoms with Crippen LogP contribution in [-0.4, -0.2) is 36.6 Å². The molecule has 0 aromatic carbocycles. The summed E-state index contributed by atoms with van der Waals surface area (Å²) in [4.78, 5) is 2.61. The first-order chi connectivity index (χ1) is 5.58. The lowest BCUT2D eigenvalue weighted by atomic mass is 10.0. The second-order valence-electron chi connectivity index (χ2n) is 4.52. The third kappa shape index (κ3) is 1.99. The lowest BCUT2D eigenvalue weighted by Crippen LogP contribution is -2.47. The molecule has 0 aromatic heterocycles. The first-order valence-corrected chi connectivity index (χ1v) is 4.99. The number of rotatable bonds is 3. The van der Waals surface area contributed by atoms with Crippen molar-refractivity contribution in [2.45, 2.75) is 45.2 Å². The number of likely N-dealkylation sites (tertiary alicyclic amines) is 1. The number of nitrogens with one attached hydrogen (secondary N) is 1. The van der Waals surface area contributed by atoms with Crippen LogP contribution in [-0.2, 0) is 0 Å². The minimum Gasteiger partial charge on any atom is -0.318 e. The summed E-state index contributed by atoms with van der Waals surface area (Å²) in [5, 5.41) is 3.24. The second-order valence-corrected chi connectivity index (χ2v) is 4.52. The van der Waals surface area contributed by atoms with Gasteiger partial charge < -0.3 is 5.32 Å². The number of hydrogen-bond donors (Lipinski definition) is 1. The van der Waals surface area contributed by atoms with Gasteiger partial charge in [-0.15, -0.1) is 0 Å². The van der Waals surface area contributed by atoms with Gasteiger partial charge in [0.15, 0.2) is 0 Å². The molecule has 1 fully saturated rings. The average molecular weight is 170 g/mol. The Morgan fingerprint density at radius 3 is 2.58 bits per heavy atom. The molecule has 1 unspecified atom stereocenters. The molecule has 0 amide bonds. The van der Waals surface area contributed by atoms with E-state index >= 15 is 0 Å². The van der Waals surface area contributed by atoms with E-state index in [1.54, 1.807) is 0 Å². The van der Waals surface area contributed by atoms with Crippen LogP contribution in [0.1, 0.15) is 33.6 Å². The molecule has 72 valence electrons. The lowest BCUT2D eigenvalue weighted by Gasteiger charge is -2.36. The predicted molar refractivity (Wildman–Crippen MR) is 53.4 cm³/mol. The highest BCUT2D eigenvalue weighted by Crippen LogP contribution is 2.29. The largest absolute Gasteiger partial charge is 0.318 e. The van der Waals surface area contributed by atoms with Crippen molar-refractivity contribution >= 4 is 0 Å². The molecule has 1 rings (SSSR count). The van der Waals surface area contributed by atoms with Crippen molar-refractivity contribution in [2.75, 3.05) is 20.1 Å². The number of nitrogens with zero attached hydrogens (tertiary/aromatic N) is 1. The van der Waals surface area contributed by atoms with E-state index in [1.165, 1.54) is 19.4 Å². The van der Waals surface area contributed by atoms with Gasteiger partial charge in [0.1, 0.15) is 0 Å². The summed E-state index contributed by atoms with van der Waals surface area (Å²) in [6, 6.07) is 0.674. The fourth-order valence-electron chi connectivity index (χ4n) is 2.35. The Labute approximate surface area is 76.3 Å². The van der Waals surface area contributed by atoms with Gasteiger partial charge in [-0.05, 0) is 47.2 Å². The summed E-state index contributed by atoms with van der Waals surface area (Å²) in [7, 11) is 2.03. The van der Waals surface area contributed by atoms with Gasteiger partial charge in [0, 0.05) is 18.1 Å². The summed E-state index contributed by atoms with van der Waals surface area (Å²) in [6.07, 6.45) is 2.71.